The second-order valence-corrected chi connectivity index (χ2v) is 8.01. The van der Waals surface area contributed by atoms with Crippen LogP contribution in [0, 0.1) is 0 Å². The number of carbonyl (C=O) groups excluding carboxylic acids is 2. The number of aliphatic carboxylic acids is 1. The standard InChI is InChI=1S/C18H31N3O13/c1-5(24)20-10-12(27)15(34-18-14(29)13(28)11(26)7(3-22)33-18)8(4-23)32-16(10)21-9(25)2-6(19)17(30)31/h6-8,10-16,18,22-23,26-29H,2-4,19H2,1H3,(H,20,24)(H,21,25)(H,30,31)/t6-,7+,8+,10+,11-,12+,13-,14+,15+,16+,18-/m0/s1. The van der Waals surface area contributed by atoms with Gasteiger partial charge in [0.25, 0.3) is 0 Å². The Kier molecular flexibility index (Phi) is 10.1. The number of carboxylic acid groups (broad SMARTS) is 1. The number of carboxylic acids is 1. The molecule has 0 saturated carbocycles. The van der Waals surface area contributed by atoms with Crippen LogP contribution in [0.3, 0.4) is 0 Å². The molecule has 0 bridgehead atoms. The number of nitrogens with two attached hydrogens (primary N) is 1. The lowest BCUT2D eigenvalue weighted by molar-refractivity contribution is -0.336. The van der Waals surface area contributed by atoms with Gasteiger partial charge in [-0.05, 0) is 0 Å². The van der Waals surface area contributed by atoms with Gasteiger partial charge in [-0.15, -0.1) is 0 Å². The second-order valence-electron chi connectivity index (χ2n) is 8.01. The van der Waals surface area contributed by atoms with Gasteiger partial charge in [0.2, 0.25) is 11.8 Å². The van der Waals surface area contributed by atoms with E-state index in [1.165, 1.54) is 0 Å². The minimum atomic E-state index is -1.82. The first kappa shape index (κ1) is 28.2. The molecule has 11 N–H and O–H groups in total. The van der Waals surface area contributed by atoms with Crippen molar-refractivity contribution in [1.82, 2.24) is 10.6 Å². The largest absolute Gasteiger partial charge is 0.480 e. The van der Waals surface area contributed by atoms with Gasteiger partial charge < -0.3 is 66.3 Å². The quantitative estimate of drug-likeness (QED) is 0.142. The summed E-state index contributed by atoms with van der Waals surface area (Å²) in [6.45, 7) is -0.413. The van der Waals surface area contributed by atoms with Gasteiger partial charge in [-0.1, -0.05) is 0 Å². The predicted molar refractivity (Wildman–Crippen MR) is 106 cm³/mol. The summed E-state index contributed by atoms with van der Waals surface area (Å²) < 4.78 is 16.3. The van der Waals surface area contributed by atoms with Crippen molar-refractivity contribution >= 4 is 17.8 Å². The van der Waals surface area contributed by atoms with Crippen molar-refractivity contribution in [2.45, 2.75) is 80.7 Å². The predicted octanol–water partition coefficient (Wildman–Crippen LogP) is -6.33. The molecular formula is C18H31N3O13. The Balaban J connectivity index is 2.21. The minimum absolute atomic E-state index is 0.646. The smallest absolute Gasteiger partial charge is 0.321 e. The monoisotopic (exact) mass is 497 g/mol. The van der Waals surface area contributed by atoms with Crippen molar-refractivity contribution in [3.05, 3.63) is 0 Å². The fourth-order valence-corrected chi connectivity index (χ4v) is 3.63. The second kappa shape index (κ2) is 12.1. The number of hydrogen-bond donors (Lipinski definition) is 10. The molecule has 2 amide bonds. The summed E-state index contributed by atoms with van der Waals surface area (Å²) in [5.74, 6) is -2.96. The van der Waals surface area contributed by atoms with Gasteiger partial charge in [-0.3, -0.25) is 14.4 Å². The molecular weight excluding hydrogens is 466 g/mol. The number of nitrogens with one attached hydrogen (secondary N) is 2. The molecule has 2 aliphatic heterocycles. The molecule has 34 heavy (non-hydrogen) atoms. The average Bonchev–Trinajstić information content (AvgIpc) is 2.77. The molecule has 2 heterocycles. The maximum absolute atomic E-state index is 12.2. The molecule has 0 aromatic carbocycles. The highest BCUT2D eigenvalue weighted by Crippen LogP contribution is 2.28. The molecule has 0 unspecified atom stereocenters. The Bertz CT molecular complexity index is 725. The van der Waals surface area contributed by atoms with Crippen molar-refractivity contribution in [2.24, 2.45) is 5.73 Å². The van der Waals surface area contributed by atoms with E-state index in [1.54, 1.807) is 0 Å². The number of aliphatic hydroxyl groups excluding tert-OH is 6. The lowest BCUT2D eigenvalue weighted by Crippen LogP contribution is -2.70. The summed E-state index contributed by atoms with van der Waals surface area (Å²) in [6.07, 6.45) is -14.9. The van der Waals surface area contributed by atoms with Crippen LogP contribution in [-0.2, 0) is 28.6 Å². The van der Waals surface area contributed by atoms with Gasteiger partial charge in [0.1, 0.15) is 54.8 Å². The zero-order valence-electron chi connectivity index (χ0n) is 18.1. The molecule has 16 heteroatoms. The molecule has 2 saturated heterocycles. The van der Waals surface area contributed by atoms with Gasteiger partial charge in [0.15, 0.2) is 12.5 Å². The van der Waals surface area contributed by atoms with Crippen molar-refractivity contribution in [2.75, 3.05) is 13.2 Å². The molecule has 2 fully saturated rings. The molecule has 0 spiro atoms. The average molecular weight is 497 g/mol. The molecule has 16 nitrogen and oxygen atoms in total. The van der Waals surface area contributed by atoms with E-state index >= 15 is 0 Å². The Hall–Kier alpha value is -1.99. The molecule has 2 rings (SSSR count). The van der Waals surface area contributed by atoms with Gasteiger partial charge in [0.05, 0.1) is 19.6 Å². The number of rotatable bonds is 9. The number of hydrogen-bond acceptors (Lipinski definition) is 13. The molecule has 11 atom stereocenters. The van der Waals surface area contributed by atoms with Crippen LogP contribution >= 0.6 is 0 Å². The van der Waals surface area contributed by atoms with E-state index in [0.717, 1.165) is 6.92 Å². The van der Waals surface area contributed by atoms with Crippen molar-refractivity contribution in [3.63, 3.8) is 0 Å². The summed E-state index contributed by atoms with van der Waals surface area (Å²) in [6, 6.07) is -2.90. The molecule has 196 valence electrons. The van der Waals surface area contributed by atoms with Crippen molar-refractivity contribution < 1.29 is 64.3 Å². The molecule has 0 aromatic rings. The topological polar surface area (TPSA) is 271 Å². The van der Waals surface area contributed by atoms with Crippen LogP contribution in [0.5, 0.6) is 0 Å². The molecule has 2 aliphatic rings. The first-order valence-electron chi connectivity index (χ1n) is 10.4. The van der Waals surface area contributed by atoms with Crippen molar-refractivity contribution in [1.29, 1.82) is 0 Å². The number of carbonyl (C=O) groups is 3. The van der Waals surface area contributed by atoms with E-state index in [4.69, 9.17) is 25.1 Å². The molecule has 0 aromatic heterocycles. The molecule has 0 radical (unpaired) electrons. The normalized spacial score (nSPS) is 39.2. The summed E-state index contributed by atoms with van der Waals surface area (Å²) in [7, 11) is 0. The van der Waals surface area contributed by atoms with E-state index in [-0.39, 0.29) is 0 Å². The van der Waals surface area contributed by atoms with Crippen LogP contribution in [0.4, 0.5) is 0 Å². The Morgan fingerprint density at radius 3 is 2.09 bits per heavy atom. The van der Waals surface area contributed by atoms with E-state index < -0.39 is 105 Å². The van der Waals surface area contributed by atoms with E-state index in [2.05, 4.69) is 10.6 Å². The van der Waals surface area contributed by atoms with Gasteiger partial charge >= 0.3 is 5.97 Å². The summed E-state index contributed by atoms with van der Waals surface area (Å²) in [5, 5.41) is 73.5. The van der Waals surface area contributed by atoms with Crippen LogP contribution in [-0.4, -0.2) is 134 Å². The highest BCUT2D eigenvalue weighted by atomic mass is 16.7. The maximum Gasteiger partial charge on any atom is 0.321 e. The maximum atomic E-state index is 12.2. The van der Waals surface area contributed by atoms with Gasteiger partial charge in [0, 0.05) is 6.92 Å². The SMILES string of the molecule is CC(=O)N[C@@H]1[C@@H](O)[C@H](O[C@@H]2O[C@H](CO)[C@H](O)[C@H](O)[C@H]2O)[C@@H](CO)O[C@H]1NC(=O)C[C@H](N)C(=O)O. The fraction of sp³-hybridized carbons (Fsp3) is 0.833. The van der Waals surface area contributed by atoms with Gasteiger partial charge in [-0.2, -0.15) is 0 Å². The summed E-state index contributed by atoms with van der Waals surface area (Å²) in [4.78, 5) is 34.7. The zero-order chi connectivity index (χ0) is 25.7. The number of aliphatic hydroxyl groups is 6. The van der Waals surface area contributed by atoms with Crippen molar-refractivity contribution in [3.8, 4) is 0 Å². The Morgan fingerprint density at radius 1 is 0.941 bits per heavy atom. The van der Waals surface area contributed by atoms with Crippen LogP contribution in [0.25, 0.3) is 0 Å². The van der Waals surface area contributed by atoms with Crippen LogP contribution in [0.1, 0.15) is 13.3 Å². The van der Waals surface area contributed by atoms with Gasteiger partial charge in [-0.25, -0.2) is 0 Å². The zero-order valence-corrected chi connectivity index (χ0v) is 18.1. The van der Waals surface area contributed by atoms with Crippen LogP contribution in [0.2, 0.25) is 0 Å². The first-order valence-corrected chi connectivity index (χ1v) is 10.4. The van der Waals surface area contributed by atoms with Crippen LogP contribution in [0.15, 0.2) is 0 Å². The minimum Gasteiger partial charge on any atom is -0.480 e. The molecule has 0 aliphatic carbocycles. The third-order valence-electron chi connectivity index (χ3n) is 5.43. The van der Waals surface area contributed by atoms with Crippen LogP contribution < -0.4 is 16.4 Å². The lowest BCUT2D eigenvalue weighted by Gasteiger charge is -2.47. The summed E-state index contributed by atoms with van der Waals surface area (Å²) in [5.41, 5.74) is 5.33. The highest BCUT2D eigenvalue weighted by Gasteiger charge is 2.51. The lowest BCUT2D eigenvalue weighted by atomic mass is 9.94. The summed E-state index contributed by atoms with van der Waals surface area (Å²) >= 11 is 0. The third-order valence-corrected chi connectivity index (χ3v) is 5.43. The number of ether oxygens (including phenoxy) is 3. The van der Waals surface area contributed by atoms with E-state index in [1.807, 2.05) is 0 Å². The third kappa shape index (κ3) is 6.57. The first-order chi connectivity index (χ1) is 15.9. The number of amides is 2. The Morgan fingerprint density at radius 2 is 1.56 bits per heavy atom. The Labute approximate surface area is 193 Å². The fourth-order valence-electron chi connectivity index (χ4n) is 3.63. The van der Waals surface area contributed by atoms with E-state index in [9.17, 15) is 45.0 Å². The highest BCUT2D eigenvalue weighted by molar-refractivity contribution is 5.84. The van der Waals surface area contributed by atoms with E-state index in [0.29, 0.717) is 0 Å².